The summed E-state index contributed by atoms with van der Waals surface area (Å²) in [6.07, 6.45) is 3.51. The van der Waals surface area contributed by atoms with Crippen LogP contribution in [-0.4, -0.2) is 10.9 Å². The lowest BCUT2D eigenvalue weighted by atomic mass is 9.95. The molecule has 0 saturated carbocycles. The number of amides is 1. The van der Waals surface area contributed by atoms with Crippen LogP contribution in [0.15, 0.2) is 48.8 Å². The molecule has 1 aromatic carbocycles. The Labute approximate surface area is 126 Å². The van der Waals surface area contributed by atoms with Crippen LogP contribution in [0.1, 0.15) is 55.1 Å². The molecule has 0 radical (unpaired) electrons. The predicted molar refractivity (Wildman–Crippen MR) is 85.3 cm³/mol. The molecule has 3 heteroatoms. The summed E-state index contributed by atoms with van der Waals surface area (Å²) in [5.41, 5.74) is 2.44. The number of benzene rings is 1. The van der Waals surface area contributed by atoms with E-state index < -0.39 is 5.54 Å². The van der Waals surface area contributed by atoms with Gasteiger partial charge >= 0.3 is 0 Å². The molecule has 0 aliphatic heterocycles. The maximum absolute atomic E-state index is 12.4. The fraction of sp³-hybridized carbons (Fsp3) is 0.333. The van der Waals surface area contributed by atoms with Crippen molar-refractivity contribution in [2.45, 2.75) is 39.2 Å². The van der Waals surface area contributed by atoms with E-state index >= 15 is 0 Å². The van der Waals surface area contributed by atoms with Crippen molar-refractivity contribution in [2.75, 3.05) is 0 Å². The minimum Gasteiger partial charge on any atom is -0.343 e. The van der Waals surface area contributed by atoms with Crippen LogP contribution in [0, 0.1) is 0 Å². The monoisotopic (exact) mass is 282 g/mol. The smallest absolute Gasteiger partial charge is 0.251 e. The molecule has 1 amide bonds. The number of pyridine rings is 1. The lowest BCUT2D eigenvalue weighted by molar-refractivity contribution is 0.0912. The molecule has 0 bridgehead atoms. The van der Waals surface area contributed by atoms with E-state index in [0.717, 1.165) is 5.56 Å². The number of rotatable bonds is 4. The average molecular weight is 282 g/mol. The van der Waals surface area contributed by atoms with Gasteiger partial charge in [0, 0.05) is 18.0 Å². The Hall–Kier alpha value is -2.16. The fourth-order valence-corrected chi connectivity index (χ4v) is 2.18. The summed E-state index contributed by atoms with van der Waals surface area (Å²) < 4.78 is 0. The fourth-order valence-electron chi connectivity index (χ4n) is 2.18. The van der Waals surface area contributed by atoms with Crippen molar-refractivity contribution >= 4 is 5.91 Å². The van der Waals surface area contributed by atoms with Crippen molar-refractivity contribution in [1.82, 2.24) is 10.3 Å². The SMILES string of the molecule is CC(C)c1ccc(C(=O)NC(C)(C)c2cccnc2)cc1. The second kappa shape index (κ2) is 6.08. The average Bonchev–Trinajstić information content (AvgIpc) is 2.48. The van der Waals surface area contributed by atoms with Gasteiger partial charge in [-0.25, -0.2) is 0 Å². The van der Waals surface area contributed by atoms with Crippen molar-refractivity contribution in [3.05, 3.63) is 65.5 Å². The number of nitrogens with one attached hydrogen (secondary N) is 1. The van der Waals surface area contributed by atoms with E-state index in [2.05, 4.69) is 24.1 Å². The molecule has 0 aliphatic carbocycles. The van der Waals surface area contributed by atoms with Gasteiger partial charge < -0.3 is 5.32 Å². The van der Waals surface area contributed by atoms with E-state index in [-0.39, 0.29) is 5.91 Å². The van der Waals surface area contributed by atoms with E-state index in [1.165, 1.54) is 5.56 Å². The van der Waals surface area contributed by atoms with Crippen LogP contribution in [0.4, 0.5) is 0 Å². The number of aromatic nitrogens is 1. The van der Waals surface area contributed by atoms with Gasteiger partial charge in [-0.3, -0.25) is 9.78 Å². The van der Waals surface area contributed by atoms with E-state index in [4.69, 9.17) is 0 Å². The third-order valence-electron chi connectivity index (χ3n) is 3.65. The van der Waals surface area contributed by atoms with Crippen LogP contribution in [0.25, 0.3) is 0 Å². The molecule has 0 fully saturated rings. The van der Waals surface area contributed by atoms with Gasteiger partial charge in [0.1, 0.15) is 0 Å². The predicted octanol–water partition coefficient (Wildman–Crippen LogP) is 3.87. The number of nitrogens with zero attached hydrogens (tertiary/aromatic N) is 1. The Morgan fingerprint density at radius 1 is 1.14 bits per heavy atom. The maximum atomic E-state index is 12.4. The number of carbonyl (C=O) groups excluding carboxylic acids is 1. The quantitative estimate of drug-likeness (QED) is 0.925. The zero-order valence-electron chi connectivity index (χ0n) is 13.1. The molecule has 3 nitrogen and oxygen atoms in total. The lowest BCUT2D eigenvalue weighted by Gasteiger charge is -2.26. The van der Waals surface area contributed by atoms with Gasteiger partial charge in [-0.2, -0.15) is 0 Å². The molecule has 21 heavy (non-hydrogen) atoms. The highest BCUT2D eigenvalue weighted by Gasteiger charge is 2.23. The molecule has 0 spiro atoms. The van der Waals surface area contributed by atoms with Crippen molar-refractivity contribution in [3.8, 4) is 0 Å². The van der Waals surface area contributed by atoms with Gasteiger partial charge in [0.25, 0.3) is 5.91 Å². The zero-order chi connectivity index (χ0) is 15.5. The second-order valence-corrected chi connectivity index (χ2v) is 6.10. The summed E-state index contributed by atoms with van der Waals surface area (Å²) in [7, 11) is 0. The van der Waals surface area contributed by atoms with Crippen molar-refractivity contribution < 1.29 is 4.79 Å². The Balaban J connectivity index is 2.14. The second-order valence-electron chi connectivity index (χ2n) is 6.10. The molecular formula is C18H22N2O. The molecule has 1 aromatic heterocycles. The van der Waals surface area contributed by atoms with Crippen LogP contribution in [0.5, 0.6) is 0 Å². The van der Waals surface area contributed by atoms with Crippen molar-refractivity contribution in [3.63, 3.8) is 0 Å². The standard InChI is InChI=1S/C18H22N2O/c1-13(2)14-7-9-15(10-8-14)17(21)20-18(3,4)16-6-5-11-19-12-16/h5-13H,1-4H3,(H,20,21). The first-order chi connectivity index (χ1) is 9.90. The van der Waals surface area contributed by atoms with Gasteiger partial charge in [0.2, 0.25) is 0 Å². The van der Waals surface area contributed by atoms with Crippen LogP contribution >= 0.6 is 0 Å². The highest BCUT2D eigenvalue weighted by Crippen LogP contribution is 2.20. The van der Waals surface area contributed by atoms with Crippen LogP contribution < -0.4 is 5.32 Å². The molecule has 1 heterocycles. The molecule has 0 unspecified atom stereocenters. The molecule has 0 aliphatic rings. The van der Waals surface area contributed by atoms with E-state index in [1.807, 2.05) is 50.2 Å². The molecular weight excluding hydrogens is 260 g/mol. The van der Waals surface area contributed by atoms with E-state index in [0.29, 0.717) is 11.5 Å². The summed E-state index contributed by atoms with van der Waals surface area (Å²) in [6, 6.07) is 11.6. The molecule has 110 valence electrons. The summed E-state index contributed by atoms with van der Waals surface area (Å²) in [6.45, 7) is 8.23. The Bertz CT molecular complexity index is 601. The highest BCUT2D eigenvalue weighted by molar-refractivity contribution is 5.94. The Morgan fingerprint density at radius 3 is 2.33 bits per heavy atom. The number of hydrogen-bond acceptors (Lipinski definition) is 2. The molecule has 1 N–H and O–H groups in total. The number of hydrogen-bond donors (Lipinski definition) is 1. The first kappa shape index (κ1) is 15.2. The Morgan fingerprint density at radius 2 is 1.81 bits per heavy atom. The molecule has 2 aromatic rings. The topological polar surface area (TPSA) is 42.0 Å². The zero-order valence-corrected chi connectivity index (χ0v) is 13.1. The molecule has 0 saturated heterocycles. The molecule has 0 atom stereocenters. The lowest BCUT2D eigenvalue weighted by Crippen LogP contribution is -2.41. The largest absolute Gasteiger partial charge is 0.343 e. The number of carbonyl (C=O) groups is 1. The van der Waals surface area contributed by atoms with Gasteiger partial charge in [-0.05, 0) is 49.1 Å². The molecule has 2 rings (SSSR count). The minimum atomic E-state index is -0.456. The third kappa shape index (κ3) is 3.69. The van der Waals surface area contributed by atoms with Crippen molar-refractivity contribution in [2.24, 2.45) is 0 Å². The van der Waals surface area contributed by atoms with Crippen molar-refractivity contribution in [1.29, 1.82) is 0 Å². The van der Waals surface area contributed by atoms with Gasteiger partial charge in [0.15, 0.2) is 0 Å². The van der Waals surface area contributed by atoms with E-state index in [9.17, 15) is 4.79 Å². The van der Waals surface area contributed by atoms with E-state index in [1.54, 1.807) is 12.4 Å². The minimum absolute atomic E-state index is 0.0702. The third-order valence-corrected chi connectivity index (χ3v) is 3.65. The van der Waals surface area contributed by atoms with Gasteiger partial charge in [-0.15, -0.1) is 0 Å². The van der Waals surface area contributed by atoms with Gasteiger partial charge in [-0.1, -0.05) is 32.0 Å². The maximum Gasteiger partial charge on any atom is 0.251 e. The van der Waals surface area contributed by atoms with Crippen LogP contribution in [-0.2, 0) is 5.54 Å². The van der Waals surface area contributed by atoms with Gasteiger partial charge in [0.05, 0.1) is 5.54 Å². The summed E-state index contributed by atoms with van der Waals surface area (Å²) in [4.78, 5) is 16.5. The van der Waals surface area contributed by atoms with Crippen LogP contribution in [0.3, 0.4) is 0 Å². The summed E-state index contributed by atoms with van der Waals surface area (Å²) in [5, 5.41) is 3.06. The summed E-state index contributed by atoms with van der Waals surface area (Å²) >= 11 is 0. The summed E-state index contributed by atoms with van der Waals surface area (Å²) in [5.74, 6) is 0.396. The first-order valence-electron chi connectivity index (χ1n) is 7.23. The first-order valence-corrected chi connectivity index (χ1v) is 7.23. The van der Waals surface area contributed by atoms with Crippen LogP contribution in [0.2, 0.25) is 0 Å². The Kier molecular flexibility index (Phi) is 4.41. The highest BCUT2D eigenvalue weighted by atomic mass is 16.1. The normalized spacial score (nSPS) is 11.5.